The quantitative estimate of drug-likeness (QED) is 0.642. The fourth-order valence-electron chi connectivity index (χ4n) is 3.87. The molecule has 2 atom stereocenters. The molecule has 0 radical (unpaired) electrons. The molecule has 1 unspecified atom stereocenters. The monoisotopic (exact) mass is 486 g/mol. The number of para-hydroxylation sites is 1. The Hall–Kier alpha value is -3.21. The maximum Gasteiger partial charge on any atom is 0.417 e. The predicted molar refractivity (Wildman–Crippen MR) is 111 cm³/mol. The summed E-state index contributed by atoms with van der Waals surface area (Å²) >= 11 is 5.61. The summed E-state index contributed by atoms with van der Waals surface area (Å²) in [6.45, 7) is -0.242. The van der Waals surface area contributed by atoms with Crippen LogP contribution < -0.4 is 10.2 Å². The average Bonchev–Trinajstić information content (AvgIpc) is 3.16. The van der Waals surface area contributed by atoms with Crippen molar-refractivity contribution in [1.82, 2.24) is 15.2 Å². The van der Waals surface area contributed by atoms with Crippen LogP contribution in [0.15, 0.2) is 53.1 Å². The number of fused-ring (bicyclic) bond motifs is 1. The van der Waals surface area contributed by atoms with Gasteiger partial charge < -0.3 is 10.2 Å². The van der Waals surface area contributed by atoms with Crippen molar-refractivity contribution in [3.8, 4) is 0 Å². The molecule has 12 heteroatoms. The number of halogens is 6. The van der Waals surface area contributed by atoms with E-state index in [2.05, 4.69) is 10.3 Å². The Balaban J connectivity index is 1.72. The number of alkyl halides is 3. The van der Waals surface area contributed by atoms with Gasteiger partial charge in [0, 0.05) is 19.0 Å². The zero-order valence-corrected chi connectivity index (χ0v) is 17.7. The standard InChI is InChI=1S/C21H16ClF5N4O2/c1-30(14-7-6-12(23)17(22)18(14)24)19(32)15-9-28-20(33)31(15)16-8-11(21(25,26)27)10-4-2-3-5-13(10)29-16/h2-6,8,14-15H,7,9H2,1H3,(H,28,33)/t14?,15-/m0/s1. The van der Waals surface area contributed by atoms with Crippen molar-refractivity contribution in [1.29, 1.82) is 0 Å². The van der Waals surface area contributed by atoms with E-state index in [-0.39, 0.29) is 29.7 Å². The Bertz CT molecular complexity index is 1210. The van der Waals surface area contributed by atoms with Crippen LogP contribution in [0, 0.1) is 0 Å². The number of aromatic nitrogens is 1. The van der Waals surface area contributed by atoms with Gasteiger partial charge in [0.25, 0.3) is 0 Å². The molecule has 1 saturated heterocycles. The summed E-state index contributed by atoms with van der Waals surface area (Å²) in [6, 6.07) is 2.87. The summed E-state index contributed by atoms with van der Waals surface area (Å²) in [6.07, 6.45) is -3.92. The Labute approximate surface area is 189 Å². The van der Waals surface area contributed by atoms with E-state index in [1.54, 1.807) is 0 Å². The Kier molecular flexibility index (Phi) is 5.77. The molecular formula is C21H16ClF5N4O2. The van der Waals surface area contributed by atoms with Crippen LogP contribution in [0.5, 0.6) is 0 Å². The second-order valence-electron chi connectivity index (χ2n) is 7.53. The van der Waals surface area contributed by atoms with E-state index in [0.717, 1.165) is 15.9 Å². The van der Waals surface area contributed by atoms with Crippen molar-refractivity contribution in [2.45, 2.75) is 24.7 Å². The first-order valence-corrected chi connectivity index (χ1v) is 10.1. The molecule has 1 aromatic carbocycles. The highest BCUT2D eigenvalue weighted by Gasteiger charge is 2.43. The molecule has 2 aliphatic rings. The molecule has 1 fully saturated rings. The number of nitrogens with zero attached hydrogens (tertiary/aromatic N) is 3. The first kappa shape index (κ1) is 23.0. The molecule has 0 bridgehead atoms. The van der Waals surface area contributed by atoms with Crippen molar-refractivity contribution >= 4 is 40.3 Å². The van der Waals surface area contributed by atoms with E-state index in [4.69, 9.17) is 11.6 Å². The van der Waals surface area contributed by atoms with Crippen LogP contribution in [-0.4, -0.2) is 47.5 Å². The normalized spacial score (nSPS) is 21.4. The van der Waals surface area contributed by atoms with Gasteiger partial charge in [0.05, 0.1) is 17.1 Å². The summed E-state index contributed by atoms with van der Waals surface area (Å²) in [5.74, 6) is -3.17. The maximum atomic E-state index is 14.5. The van der Waals surface area contributed by atoms with Crippen LogP contribution in [0.4, 0.5) is 32.6 Å². The van der Waals surface area contributed by atoms with Gasteiger partial charge in [0.2, 0.25) is 5.91 Å². The fraction of sp³-hybridized carbons (Fsp3) is 0.286. The number of anilines is 1. The third-order valence-electron chi connectivity index (χ3n) is 5.56. The van der Waals surface area contributed by atoms with Crippen molar-refractivity contribution < 1.29 is 31.5 Å². The molecule has 1 aliphatic heterocycles. The minimum Gasteiger partial charge on any atom is -0.335 e. The Morgan fingerprint density at radius 3 is 2.67 bits per heavy atom. The number of nitrogens with one attached hydrogen (secondary N) is 1. The number of carbonyl (C=O) groups is 2. The highest BCUT2D eigenvalue weighted by atomic mass is 35.5. The lowest BCUT2D eigenvalue weighted by atomic mass is 10.0. The number of pyridine rings is 1. The lowest BCUT2D eigenvalue weighted by Gasteiger charge is -2.32. The molecule has 6 nitrogen and oxygen atoms in total. The van der Waals surface area contributed by atoms with E-state index in [1.165, 1.54) is 31.3 Å². The van der Waals surface area contributed by atoms with Crippen LogP contribution in [0.1, 0.15) is 12.0 Å². The number of rotatable bonds is 3. The van der Waals surface area contributed by atoms with Crippen molar-refractivity contribution in [2.24, 2.45) is 0 Å². The van der Waals surface area contributed by atoms with Gasteiger partial charge in [0.1, 0.15) is 28.5 Å². The molecule has 174 valence electrons. The molecule has 1 N–H and O–H groups in total. The van der Waals surface area contributed by atoms with Crippen molar-refractivity contribution in [3.05, 3.63) is 58.7 Å². The zero-order chi connectivity index (χ0) is 24.1. The zero-order valence-electron chi connectivity index (χ0n) is 17.0. The van der Waals surface area contributed by atoms with Gasteiger partial charge in [0.15, 0.2) is 0 Å². The van der Waals surface area contributed by atoms with Crippen LogP contribution in [0.25, 0.3) is 10.9 Å². The smallest absolute Gasteiger partial charge is 0.335 e. The SMILES string of the molecule is CN(C(=O)[C@@H]1CNC(=O)N1c1cc(C(F)(F)F)c2ccccc2n1)C1CC=C(F)C(Cl)=C1F. The van der Waals surface area contributed by atoms with Gasteiger partial charge in [-0.3, -0.25) is 9.69 Å². The fourth-order valence-corrected chi connectivity index (χ4v) is 4.07. The predicted octanol–water partition coefficient (Wildman–Crippen LogP) is 4.66. The van der Waals surface area contributed by atoms with Gasteiger partial charge in [-0.2, -0.15) is 13.2 Å². The number of carbonyl (C=O) groups excluding carboxylic acids is 2. The van der Waals surface area contributed by atoms with E-state index in [0.29, 0.717) is 6.07 Å². The van der Waals surface area contributed by atoms with Gasteiger partial charge in [-0.25, -0.2) is 18.6 Å². The van der Waals surface area contributed by atoms with E-state index < -0.39 is 52.4 Å². The van der Waals surface area contributed by atoms with Gasteiger partial charge >= 0.3 is 12.2 Å². The van der Waals surface area contributed by atoms with E-state index >= 15 is 0 Å². The highest BCUT2D eigenvalue weighted by Crippen LogP contribution is 2.38. The Morgan fingerprint density at radius 2 is 1.97 bits per heavy atom. The van der Waals surface area contributed by atoms with Crippen molar-refractivity contribution in [3.63, 3.8) is 0 Å². The maximum absolute atomic E-state index is 14.5. The van der Waals surface area contributed by atoms with Crippen LogP contribution in [0.3, 0.4) is 0 Å². The number of urea groups is 1. The molecule has 1 aliphatic carbocycles. The molecule has 1 aromatic heterocycles. The largest absolute Gasteiger partial charge is 0.417 e. The van der Waals surface area contributed by atoms with Crippen LogP contribution in [0.2, 0.25) is 0 Å². The summed E-state index contributed by atoms with van der Waals surface area (Å²) in [5, 5.41) is 1.49. The number of hydrogen-bond donors (Lipinski definition) is 1. The molecule has 33 heavy (non-hydrogen) atoms. The second kappa shape index (κ2) is 8.29. The minimum atomic E-state index is -4.74. The minimum absolute atomic E-state index is 0.0183. The molecule has 2 aromatic rings. The van der Waals surface area contributed by atoms with Crippen LogP contribution >= 0.6 is 11.6 Å². The molecule has 4 rings (SSSR count). The Morgan fingerprint density at radius 1 is 1.27 bits per heavy atom. The summed E-state index contributed by atoms with van der Waals surface area (Å²) in [4.78, 5) is 31.6. The van der Waals surface area contributed by atoms with Gasteiger partial charge in [-0.1, -0.05) is 29.8 Å². The van der Waals surface area contributed by atoms with Gasteiger partial charge in [-0.15, -0.1) is 0 Å². The van der Waals surface area contributed by atoms with Gasteiger partial charge in [-0.05, 0) is 24.6 Å². The molecule has 3 amide bonds. The topological polar surface area (TPSA) is 65.5 Å². The molecule has 0 saturated carbocycles. The van der Waals surface area contributed by atoms with Crippen molar-refractivity contribution in [2.75, 3.05) is 18.5 Å². The van der Waals surface area contributed by atoms with E-state index in [9.17, 15) is 31.5 Å². The first-order chi connectivity index (χ1) is 15.5. The second-order valence-corrected chi connectivity index (χ2v) is 7.91. The number of benzene rings is 1. The lowest BCUT2D eigenvalue weighted by Crippen LogP contribution is -2.50. The lowest BCUT2D eigenvalue weighted by molar-refractivity contribution is -0.136. The summed E-state index contributed by atoms with van der Waals surface area (Å²) < 4.78 is 69.1. The third kappa shape index (κ3) is 4.01. The molecule has 0 spiro atoms. The highest BCUT2D eigenvalue weighted by molar-refractivity contribution is 6.32. The number of amides is 3. The van der Waals surface area contributed by atoms with E-state index in [1.807, 2.05) is 0 Å². The average molecular weight is 487 g/mol. The number of allylic oxidation sites excluding steroid dienone is 2. The summed E-state index contributed by atoms with van der Waals surface area (Å²) in [7, 11) is 1.24. The number of hydrogen-bond acceptors (Lipinski definition) is 3. The summed E-state index contributed by atoms with van der Waals surface area (Å²) in [5.41, 5.74) is -1.04. The molecular weight excluding hydrogens is 471 g/mol. The number of likely N-dealkylation sites (N-methyl/N-ethyl adjacent to an activating group) is 1. The van der Waals surface area contributed by atoms with Crippen LogP contribution in [-0.2, 0) is 11.0 Å². The first-order valence-electron chi connectivity index (χ1n) is 9.72. The molecule has 2 heterocycles. The third-order valence-corrected chi connectivity index (χ3v) is 5.93.